The minimum atomic E-state index is -0.969. The first-order valence-electron chi connectivity index (χ1n) is 8.27. The number of nitrogens with one attached hydrogen (secondary N) is 1. The highest BCUT2D eigenvalue weighted by Crippen LogP contribution is 2.24. The number of aryl methyl sites for hydroxylation is 1. The van der Waals surface area contributed by atoms with Crippen LogP contribution in [-0.2, 0) is 16.1 Å². The summed E-state index contributed by atoms with van der Waals surface area (Å²) in [5, 5.41) is 22.0. The molecule has 27 heavy (non-hydrogen) atoms. The van der Waals surface area contributed by atoms with E-state index >= 15 is 0 Å². The number of benzene rings is 2. The Labute approximate surface area is 156 Å². The smallest absolute Gasteiger partial charge is 0.323 e. The Morgan fingerprint density at radius 3 is 2.70 bits per heavy atom. The fourth-order valence-electron chi connectivity index (χ4n) is 2.89. The minimum Gasteiger partial charge on any atom is -0.480 e. The van der Waals surface area contributed by atoms with Crippen LogP contribution in [0.25, 0.3) is 17.0 Å². The van der Waals surface area contributed by atoms with E-state index in [1.165, 1.54) is 6.08 Å². The molecule has 134 valence electrons. The Hall–Kier alpha value is -3.85. The van der Waals surface area contributed by atoms with Gasteiger partial charge in [-0.05, 0) is 36.8 Å². The predicted octanol–water partition coefficient (Wildman–Crippen LogP) is 3.58. The summed E-state index contributed by atoms with van der Waals surface area (Å²) < 4.78 is 1.58. The number of nitriles is 1. The third kappa shape index (κ3) is 4.05. The van der Waals surface area contributed by atoms with Crippen LogP contribution >= 0.6 is 0 Å². The molecule has 0 spiro atoms. The van der Waals surface area contributed by atoms with Crippen LogP contribution < -0.4 is 5.32 Å². The fourth-order valence-corrected chi connectivity index (χ4v) is 2.89. The molecule has 6 heteroatoms. The second-order valence-electron chi connectivity index (χ2n) is 6.12. The highest BCUT2D eigenvalue weighted by Gasteiger charge is 2.13. The Morgan fingerprint density at radius 1 is 1.22 bits per heavy atom. The van der Waals surface area contributed by atoms with E-state index in [1.54, 1.807) is 22.9 Å². The number of aliphatic carboxylic acids is 1. The van der Waals surface area contributed by atoms with Crippen molar-refractivity contribution in [3.05, 3.63) is 71.4 Å². The molecular weight excluding hydrogens is 342 g/mol. The maximum absolute atomic E-state index is 12.5. The van der Waals surface area contributed by atoms with Gasteiger partial charge in [-0.15, -0.1) is 0 Å². The Bertz CT molecular complexity index is 1100. The average molecular weight is 359 g/mol. The van der Waals surface area contributed by atoms with Crippen LogP contribution in [0.4, 0.5) is 5.69 Å². The van der Waals surface area contributed by atoms with Crippen molar-refractivity contribution >= 4 is 34.5 Å². The van der Waals surface area contributed by atoms with Crippen LogP contribution in [-0.4, -0.2) is 21.6 Å². The number of carboxylic acid groups (broad SMARTS) is 1. The Kier molecular flexibility index (Phi) is 5.04. The molecule has 0 aliphatic carbocycles. The zero-order chi connectivity index (χ0) is 19.4. The molecule has 1 amide bonds. The normalized spacial score (nSPS) is 11.2. The van der Waals surface area contributed by atoms with Gasteiger partial charge in [0.25, 0.3) is 5.91 Å². The minimum absolute atomic E-state index is 0.0604. The molecule has 3 rings (SSSR count). The molecule has 0 radical (unpaired) electrons. The van der Waals surface area contributed by atoms with Crippen molar-refractivity contribution in [2.75, 3.05) is 5.32 Å². The van der Waals surface area contributed by atoms with Gasteiger partial charge in [-0.1, -0.05) is 30.3 Å². The van der Waals surface area contributed by atoms with E-state index in [2.05, 4.69) is 5.32 Å². The molecule has 0 unspecified atom stereocenters. The summed E-state index contributed by atoms with van der Waals surface area (Å²) in [4.78, 5) is 23.6. The van der Waals surface area contributed by atoms with Gasteiger partial charge in [-0.3, -0.25) is 9.59 Å². The molecule has 2 N–H and O–H groups in total. The van der Waals surface area contributed by atoms with Crippen molar-refractivity contribution in [2.45, 2.75) is 13.5 Å². The number of amides is 1. The van der Waals surface area contributed by atoms with Crippen LogP contribution in [0.3, 0.4) is 0 Å². The largest absolute Gasteiger partial charge is 0.480 e. The van der Waals surface area contributed by atoms with Gasteiger partial charge in [0.1, 0.15) is 18.2 Å². The second-order valence-corrected chi connectivity index (χ2v) is 6.12. The number of anilines is 1. The molecule has 0 fully saturated rings. The Morgan fingerprint density at radius 2 is 2.00 bits per heavy atom. The third-order valence-electron chi connectivity index (χ3n) is 4.07. The van der Waals surface area contributed by atoms with Crippen LogP contribution in [0, 0.1) is 18.3 Å². The number of carbonyl (C=O) groups is 2. The molecule has 2 aromatic carbocycles. The number of hydrogen-bond acceptors (Lipinski definition) is 3. The van der Waals surface area contributed by atoms with Crippen molar-refractivity contribution < 1.29 is 14.7 Å². The van der Waals surface area contributed by atoms with E-state index in [0.29, 0.717) is 11.3 Å². The summed E-state index contributed by atoms with van der Waals surface area (Å²) in [5.74, 6) is -1.48. The second kappa shape index (κ2) is 7.58. The lowest BCUT2D eigenvalue weighted by Crippen LogP contribution is -2.13. The Balaban J connectivity index is 1.97. The van der Waals surface area contributed by atoms with E-state index in [0.717, 1.165) is 16.5 Å². The van der Waals surface area contributed by atoms with E-state index in [1.807, 2.05) is 49.4 Å². The van der Waals surface area contributed by atoms with Crippen molar-refractivity contribution in [3.8, 4) is 6.07 Å². The first-order valence-corrected chi connectivity index (χ1v) is 8.27. The van der Waals surface area contributed by atoms with Gasteiger partial charge < -0.3 is 15.0 Å². The number of rotatable bonds is 5. The molecule has 3 aromatic rings. The van der Waals surface area contributed by atoms with Gasteiger partial charge in [-0.25, -0.2) is 0 Å². The van der Waals surface area contributed by atoms with Crippen LogP contribution in [0.5, 0.6) is 0 Å². The van der Waals surface area contributed by atoms with Crippen LogP contribution in [0.2, 0.25) is 0 Å². The zero-order valence-corrected chi connectivity index (χ0v) is 14.6. The number of carboxylic acids is 1. The molecule has 0 aliphatic heterocycles. The van der Waals surface area contributed by atoms with Crippen LogP contribution in [0.15, 0.2) is 60.3 Å². The summed E-state index contributed by atoms with van der Waals surface area (Å²) in [6, 6.07) is 16.5. The third-order valence-corrected chi connectivity index (χ3v) is 4.07. The topological polar surface area (TPSA) is 95.1 Å². The van der Waals surface area contributed by atoms with Gasteiger partial charge in [-0.2, -0.15) is 5.26 Å². The zero-order valence-electron chi connectivity index (χ0n) is 14.6. The molecule has 0 aliphatic rings. The molecule has 0 bridgehead atoms. The summed E-state index contributed by atoms with van der Waals surface area (Å²) in [6.45, 7) is 1.71. The highest BCUT2D eigenvalue weighted by molar-refractivity contribution is 6.10. The van der Waals surface area contributed by atoms with Gasteiger partial charge in [0.15, 0.2) is 0 Å². The predicted molar refractivity (Wildman–Crippen MR) is 103 cm³/mol. The van der Waals surface area contributed by atoms with Crippen molar-refractivity contribution in [1.29, 1.82) is 5.26 Å². The van der Waals surface area contributed by atoms with Gasteiger partial charge in [0.2, 0.25) is 0 Å². The van der Waals surface area contributed by atoms with E-state index in [9.17, 15) is 14.9 Å². The molecule has 1 aromatic heterocycles. The molecule has 6 nitrogen and oxygen atoms in total. The summed E-state index contributed by atoms with van der Waals surface area (Å²) in [7, 11) is 0. The number of hydrogen-bond donors (Lipinski definition) is 2. The fraction of sp³-hybridized carbons (Fsp3) is 0.0952. The van der Waals surface area contributed by atoms with Crippen molar-refractivity contribution in [1.82, 2.24) is 4.57 Å². The van der Waals surface area contributed by atoms with E-state index in [-0.39, 0.29) is 12.1 Å². The molecule has 0 saturated carbocycles. The first kappa shape index (κ1) is 18.0. The lowest BCUT2D eigenvalue weighted by molar-refractivity contribution is -0.137. The summed E-state index contributed by atoms with van der Waals surface area (Å²) >= 11 is 0. The average Bonchev–Trinajstić information content (AvgIpc) is 2.96. The van der Waals surface area contributed by atoms with Gasteiger partial charge >= 0.3 is 5.97 Å². The van der Waals surface area contributed by atoms with E-state index in [4.69, 9.17) is 5.11 Å². The molecule has 1 heterocycles. The number of carbonyl (C=O) groups excluding carboxylic acids is 1. The van der Waals surface area contributed by atoms with Crippen LogP contribution in [0.1, 0.15) is 11.1 Å². The van der Waals surface area contributed by atoms with Gasteiger partial charge in [0, 0.05) is 28.4 Å². The maximum atomic E-state index is 12.5. The standard InChI is InChI=1S/C21H17N3O3/c1-14-5-4-6-17(9-14)23-21(27)15(11-22)10-16-12-24(13-20(25)26)19-8-3-2-7-18(16)19/h2-10,12H,13H2,1H3,(H,23,27)(H,25,26). The SMILES string of the molecule is Cc1cccc(NC(=O)C(C#N)=Cc2cn(CC(=O)O)c3ccccc23)c1. The lowest BCUT2D eigenvalue weighted by Gasteiger charge is -2.05. The van der Waals surface area contributed by atoms with Crippen molar-refractivity contribution in [3.63, 3.8) is 0 Å². The summed E-state index contributed by atoms with van der Waals surface area (Å²) in [6.07, 6.45) is 3.11. The number of aromatic nitrogens is 1. The molecular formula is C21H17N3O3. The maximum Gasteiger partial charge on any atom is 0.323 e. The number of para-hydroxylation sites is 1. The molecule has 0 atom stereocenters. The molecule has 0 saturated heterocycles. The summed E-state index contributed by atoms with van der Waals surface area (Å²) in [5.41, 5.74) is 2.88. The first-order chi connectivity index (χ1) is 13.0. The quantitative estimate of drug-likeness (QED) is 0.538. The highest BCUT2D eigenvalue weighted by atomic mass is 16.4. The monoisotopic (exact) mass is 359 g/mol. The van der Waals surface area contributed by atoms with E-state index < -0.39 is 11.9 Å². The van der Waals surface area contributed by atoms with Crippen molar-refractivity contribution in [2.24, 2.45) is 0 Å². The number of fused-ring (bicyclic) bond motifs is 1. The lowest BCUT2D eigenvalue weighted by atomic mass is 10.1. The number of nitrogens with zero attached hydrogens (tertiary/aromatic N) is 2. The van der Waals surface area contributed by atoms with Gasteiger partial charge in [0.05, 0.1) is 0 Å².